The average molecular weight is 341 g/mol. The number of ketones is 1. The first-order valence-electron chi connectivity index (χ1n) is 9.74. The predicted octanol–water partition coefficient (Wildman–Crippen LogP) is 5.16. The fraction of sp³-hybridized carbons (Fsp3) is 0.609. The molecule has 1 N–H and O–H groups in total. The van der Waals surface area contributed by atoms with Gasteiger partial charge in [0, 0.05) is 17.3 Å². The molecular weight excluding hydrogens is 308 g/mol. The third-order valence-corrected chi connectivity index (χ3v) is 7.42. The van der Waals surface area contributed by atoms with Crippen molar-refractivity contribution in [1.82, 2.24) is 0 Å². The van der Waals surface area contributed by atoms with Gasteiger partial charge in [0.25, 0.3) is 0 Å². The van der Waals surface area contributed by atoms with Crippen LogP contribution in [0, 0.1) is 22.7 Å². The minimum atomic E-state index is -0.178. The number of hydrogen-bond donors (Lipinski definition) is 1. The van der Waals surface area contributed by atoms with Crippen LogP contribution in [-0.4, -0.2) is 17.0 Å². The Labute approximate surface area is 152 Å². The molecule has 2 nitrogen and oxygen atoms in total. The van der Waals surface area contributed by atoms with Gasteiger partial charge in [-0.3, -0.25) is 4.79 Å². The van der Waals surface area contributed by atoms with Gasteiger partial charge < -0.3 is 5.11 Å². The normalized spacial score (nSPS) is 42.5. The lowest BCUT2D eigenvalue weighted by Crippen LogP contribution is -2.44. The largest absolute Gasteiger partial charge is 0.393 e. The molecule has 5 unspecified atom stereocenters. The van der Waals surface area contributed by atoms with Crippen LogP contribution in [0.2, 0.25) is 0 Å². The zero-order valence-corrected chi connectivity index (χ0v) is 15.8. The number of fused-ring (bicyclic) bond motifs is 6. The fourth-order valence-electron chi connectivity index (χ4n) is 5.63. The molecule has 5 atom stereocenters. The molecule has 0 aromatic carbocycles. The van der Waals surface area contributed by atoms with Gasteiger partial charge in [0.2, 0.25) is 0 Å². The standard InChI is InChI=1S/C21H28O2.C2H4/c1-20-11-9-17(22)13-15(20)7-6-14-12-16(20)8-10-21(2)18(14)4-3-5-19(21)23;1-2/h6-8,13-14,18-19,23H,3-5,9-12H2,1-2H3;1-2H2. The van der Waals surface area contributed by atoms with Crippen LogP contribution in [-0.2, 0) is 4.79 Å². The molecule has 25 heavy (non-hydrogen) atoms. The highest BCUT2D eigenvalue weighted by atomic mass is 16.3. The highest BCUT2D eigenvalue weighted by molar-refractivity contribution is 5.92. The first-order valence-corrected chi connectivity index (χ1v) is 9.74. The number of aliphatic hydroxyl groups is 1. The zero-order chi connectivity index (χ0) is 18.2. The molecular formula is C23H32O2. The summed E-state index contributed by atoms with van der Waals surface area (Å²) in [6, 6.07) is 0. The summed E-state index contributed by atoms with van der Waals surface area (Å²) in [7, 11) is 0. The summed E-state index contributed by atoms with van der Waals surface area (Å²) < 4.78 is 0. The maximum atomic E-state index is 11.9. The van der Waals surface area contributed by atoms with Crippen molar-refractivity contribution in [1.29, 1.82) is 0 Å². The van der Waals surface area contributed by atoms with Crippen LogP contribution in [0.5, 0.6) is 0 Å². The van der Waals surface area contributed by atoms with Crippen LogP contribution >= 0.6 is 0 Å². The second-order valence-corrected chi connectivity index (χ2v) is 8.62. The van der Waals surface area contributed by atoms with E-state index in [-0.39, 0.29) is 22.7 Å². The predicted molar refractivity (Wildman–Crippen MR) is 103 cm³/mol. The Morgan fingerprint density at radius 1 is 1.24 bits per heavy atom. The van der Waals surface area contributed by atoms with Gasteiger partial charge in [-0.1, -0.05) is 44.1 Å². The van der Waals surface area contributed by atoms with Crippen molar-refractivity contribution in [2.24, 2.45) is 22.7 Å². The minimum absolute atomic E-state index is 0.0110. The van der Waals surface area contributed by atoms with Crippen molar-refractivity contribution < 1.29 is 9.90 Å². The molecule has 0 spiro atoms. The van der Waals surface area contributed by atoms with Crippen LogP contribution in [0.15, 0.2) is 48.6 Å². The molecule has 1 fully saturated rings. The van der Waals surface area contributed by atoms with Gasteiger partial charge in [0.15, 0.2) is 5.78 Å². The van der Waals surface area contributed by atoms with Crippen molar-refractivity contribution in [3.05, 3.63) is 48.6 Å². The van der Waals surface area contributed by atoms with Crippen molar-refractivity contribution >= 4 is 5.78 Å². The van der Waals surface area contributed by atoms with Gasteiger partial charge in [0.05, 0.1) is 6.10 Å². The van der Waals surface area contributed by atoms with E-state index in [0.717, 1.165) is 32.1 Å². The summed E-state index contributed by atoms with van der Waals surface area (Å²) >= 11 is 0. The van der Waals surface area contributed by atoms with Crippen molar-refractivity contribution in [3.8, 4) is 0 Å². The van der Waals surface area contributed by atoms with Gasteiger partial charge in [-0.2, -0.15) is 0 Å². The third kappa shape index (κ3) is 2.89. The molecule has 0 heterocycles. The van der Waals surface area contributed by atoms with E-state index >= 15 is 0 Å². The lowest BCUT2D eigenvalue weighted by atomic mass is 9.60. The van der Waals surface area contributed by atoms with Gasteiger partial charge in [-0.15, -0.1) is 13.2 Å². The Bertz CT molecular complexity index is 640. The van der Waals surface area contributed by atoms with E-state index < -0.39 is 0 Å². The molecule has 2 bridgehead atoms. The lowest BCUT2D eigenvalue weighted by molar-refractivity contribution is -0.115. The first-order chi connectivity index (χ1) is 11.9. The molecule has 0 saturated heterocycles. The van der Waals surface area contributed by atoms with Crippen LogP contribution in [0.4, 0.5) is 0 Å². The van der Waals surface area contributed by atoms with E-state index in [2.05, 4.69) is 45.2 Å². The van der Waals surface area contributed by atoms with Gasteiger partial charge in [0.1, 0.15) is 0 Å². The summed E-state index contributed by atoms with van der Waals surface area (Å²) in [5.41, 5.74) is 2.75. The summed E-state index contributed by atoms with van der Waals surface area (Å²) in [6.45, 7) is 10.6. The Morgan fingerprint density at radius 2 is 2.00 bits per heavy atom. The fourth-order valence-corrected chi connectivity index (χ4v) is 5.63. The quantitative estimate of drug-likeness (QED) is 0.619. The third-order valence-electron chi connectivity index (χ3n) is 7.42. The van der Waals surface area contributed by atoms with Crippen LogP contribution in [0.3, 0.4) is 0 Å². The Balaban J connectivity index is 0.000000880. The van der Waals surface area contributed by atoms with Crippen LogP contribution < -0.4 is 0 Å². The van der Waals surface area contributed by atoms with Crippen molar-refractivity contribution in [2.45, 2.75) is 64.9 Å². The minimum Gasteiger partial charge on any atom is -0.393 e. The molecule has 2 heteroatoms. The second-order valence-electron chi connectivity index (χ2n) is 8.62. The van der Waals surface area contributed by atoms with Crippen molar-refractivity contribution in [2.75, 3.05) is 0 Å². The smallest absolute Gasteiger partial charge is 0.156 e. The Kier molecular flexibility index (Phi) is 4.94. The van der Waals surface area contributed by atoms with Gasteiger partial charge in [-0.25, -0.2) is 0 Å². The van der Waals surface area contributed by atoms with E-state index in [9.17, 15) is 9.90 Å². The SMILES string of the molecule is C=C.CC12CCC(=O)C=C1C=CC1CC2=CCC2(C)C(O)CCCC12. The van der Waals surface area contributed by atoms with E-state index in [0.29, 0.717) is 18.3 Å². The summed E-state index contributed by atoms with van der Waals surface area (Å²) in [5, 5.41) is 10.7. The van der Waals surface area contributed by atoms with Crippen molar-refractivity contribution in [3.63, 3.8) is 0 Å². The first kappa shape index (κ1) is 18.4. The van der Waals surface area contributed by atoms with Gasteiger partial charge in [-0.05, 0) is 55.6 Å². The summed E-state index contributed by atoms with van der Waals surface area (Å²) in [4.78, 5) is 11.9. The lowest BCUT2D eigenvalue weighted by Gasteiger charge is -2.46. The maximum absolute atomic E-state index is 11.9. The van der Waals surface area contributed by atoms with E-state index in [1.54, 1.807) is 0 Å². The number of carbonyl (C=O) groups is 1. The molecule has 4 rings (SSSR count). The summed E-state index contributed by atoms with van der Waals surface area (Å²) in [5.74, 6) is 1.33. The molecule has 0 radical (unpaired) electrons. The van der Waals surface area contributed by atoms with Crippen LogP contribution in [0.1, 0.15) is 58.8 Å². The van der Waals surface area contributed by atoms with E-state index in [4.69, 9.17) is 0 Å². The molecule has 4 aliphatic carbocycles. The topological polar surface area (TPSA) is 37.3 Å². The Hall–Kier alpha value is -1.41. The zero-order valence-electron chi connectivity index (χ0n) is 15.8. The average Bonchev–Trinajstić information content (AvgIpc) is 2.85. The second kappa shape index (κ2) is 6.72. The number of rotatable bonds is 0. The highest BCUT2D eigenvalue weighted by Crippen LogP contribution is 2.56. The molecule has 0 amide bonds. The number of allylic oxidation sites excluding steroid dienone is 6. The van der Waals surface area contributed by atoms with Gasteiger partial charge >= 0.3 is 0 Å². The molecule has 0 aromatic heterocycles. The van der Waals surface area contributed by atoms with E-state index in [1.807, 2.05) is 6.08 Å². The van der Waals surface area contributed by atoms with Crippen LogP contribution in [0.25, 0.3) is 0 Å². The van der Waals surface area contributed by atoms with E-state index in [1.165, 1.54) is 17.6 Å². The summed E-state index contributed by atoms with van der Waals surface area (Å²) in [6.07, 6.45) is 15.7. The number of carbonyl (C=O) groups excluding carboxylic acids is 1. The molecule has 4 aliphatic rings. The monoisotopic (exact) mass is 340 g/mol. The molecule has 1 saturated carbocycles. The number of hydrogen-bond acceptors (Lipinski definition) is 2. The Morgan fingerprint density at radius 3 is 2.76 bits per heavy atom. The maximum Gasteiger partial charge on any atom is 0.156 e. The molecule has 0 aliphatic heterocycles. The highest BCUT2D eigenvalue weighted by Gasteiger charge is 2.49. The molecule has 136 valence electrons. The molecule has 0 aromatic rings. The number of aliphatic hydroxyl groups excluding tert-OH is 1.